The van der Waals surface area contributed by atoms with E-state index in [4.69, 9.17) is 9.47 Å². The highest BCUT2D eigenvalue weighted by atomic mass is 16.6. The highest BCUT2D eigenvalue weighted by molar-refractivity contribution is 5.97. The van der Waals surface area contributed by atoms with E-state index >= 15 is 0 Å². The van der Waals surface area contributed by atoms with Crippen LogP contribution in [-0.2, 0) is 16.1 Å². The number of hydrogen-bond acceptors (Lipinski definition) is 6. The van der Waals surface area contributed by atoms with Gasteiger partial charge in [0.05, 0.1) is 4.92 Å². The van der Waals surface area contributed by atoms with Crippen molar-refractivity contribution in [3.05, 3.63) is 99.6 Å². The molecule has 0 spiro atoms. The van der Waals surface area contributed by atoms with Crippen molar-refractivity contribution >= 4 is 23.3 Å². The molecule has 8 nitrogen and oxygen atoms in total. The van der Waals surface area contributed by atoms with Crippen LogP contribution in [0.1, 0.15) is 21.5 Å². The van der Waals surface area contributed by atoms with E-state index in [-0.39, 0.29) is 17.9 Å². The Morgan fingerprint density at radius 3 is 2.42 bits per heavy atom. The Bertz CT molecular complexity index is 1100. The molecule has 3 rings (SSSR count). The normalized spacial score (nSPS) is 10.2. The summed E-state index contributed by atoms with van der Waals surface area (Å²) < 4.78 is 10.9. The van der Waals surface area contributed by atoms with Crippen LogP contribution in [0.5, 0.6) is 5.75 Å². The molecular weight excluding hydrogens is 400 g/mol. The summed E-state index contributed by atoms with van der Waals surface area (Å²) in [4.78, 5) is 34.9. The minimum atomic E-state index is -0.695. The Morgan fingerprint density at radius 2 is 1.71 bits per heavy atom. The monoisotopic (exact) mass is 420 g/mol. The molecule has 0 fully saturated rings. The fourth-order valence-corrected chi connectivity index (χ4v) is 2.79. The number of nitrogens with zero attached hydrogens (tertiary/aromatic N) is 1. The number of ether oxygens (including phenoxy) is 2. The lowest BCUT2D eigenvalue weighted by Gasteiger charge is -2.12. The number of para-hydroxylation sites is 1. The van der Waals surface area contributed by atoms with Crippen LogP contribution in [0.15, 0.2) is 72.8 Å². The minimum Gasteiger partial charge on any atom is -0.488 e. The molecule has 0 saturated heterocycles. The molecule has 0 unspecified atom stereocenters. The van der Waals surface area contributed by atoms with Gasteiger partial charge in [0.2, 0.25) is 0 Å². The lowest BCUT2D eigenvalue weighted by molar-refractivity contribution is -0.384. The Hall–Kier alpha value is -4.20. The standard InChI is InChI=1S/C23H20N2O6/c1-16-13-18(25(28)29)11-12-20(16)24-22(26)15-31-23(27)19-9-5-6-10-21(19)30-14-17-7-3-2-4-8-17/h2-13H,14-15H2,1H3,(H,24,26). The second kappa shape index (κ2) is 10.0. The van der Waals surface area contributed by atoms with Crippen molar-refractivity contribution in [1.82, 2.24) is 0 Å². The zero-order chi connectivity index (χ0) is 22.2. The number of nitrogens with one attached hydrogen (secondary N) is 1. The third kappa shape index (κ3) is 5.89. The van der Waals surface area contributed by atoms with E-state index in [0.717, 1.165) is 5.56 Å². The van der Waals surface area contributed by atoms with Crippen LogP contribution in [0.2, 0.25) is 0 Å². The number of rotatable bonds is 8. The summed E-state index contributed by atoms with van der Waals surface area (Å²) in [6.07, 6.45) is 0. The molecule has 158 valence electrons. The maximum atomic E-state index is 12.5. The van der Waals surface area contributed by atoms with E-state index in [1.807, 2.05) is 30.3 Å². The fraction of sp³-hybridized carbons (Fsp3) is 0.130. The molecule has 8 heteroatoms. The van der Waals surface area contributed by atoms with E-state index in [2.05, 4.69) is 5.32 Å². The molecule has 3 aromatic carbocycles. The number of amides is 1. The molecular formula is C23H20N2O6. The van der Waals surface area contributed by atoms with E-state index < -0.39 is 23.4 Å². The Kier molecular flexibility index (Phi) is 6.95. The van der Waals surface area contributed by atoms with E-state index in [9.17, 15) is 19.7 Å². The minimum absolute atomic E-state index is 0.0750. The highest BCUT2D eigenvalue weighted by Gasteiger charge is 2.16. The van der Waals surface area contributed by atoms with Crippen LogP contribution in [-0.4, -0.2) is 23.4 Å². The van der Waals surface area contributed by atoms with Gasteiger partial charge >= 0.3 is 5.97 Å². The molecule has 0 aliphatic heterocycles. The number of carbonyl (C=O) groups is 2. The second-order valence-corrected chi connectivity index (χ2v) is 6.65. The van der Waals surface area contributed by atoms with E-state index in [1.165, 1.54) is 18.2 Å². The van der Waals surface area contributed by atoms with Gasteiger partial charge in [0, 0.05) is 17.8 Å². The van der Waals surface area contributed by atoms with Gasteiger partial charge in [-0.25, -0.2) is 4.79 Å². The van der Waals surface area contributed by atoms with Gasteiger partial charge < -0.3 is 14.8 Å². The van der Waals surface area contributed by atoms with Gasteiger partial charge in [0.1, 0.15) is 17.9 Å². The van der Waals surface area contributed by atoms with Crippen molar-refractivity contribution in [2.75, 3.05) is 11.9 Å². The third-order valence-electron chi connectivity index (χ3n) is 4.37. The van der Waals surface area contributed by atoms with Gasteiger partial charge in [-0.2, -0.15) is 0 Å². The number of aryl methyl sites for hydroxylation is 1. The lowest BCUT2D eigenvalue weighted by Crippen LogP contribution is -2.21. The molecule has 31 heavy (non-hydrogen) atoms. The average molecular weight is 420 g/mol. The van der Waals surface area contributed by atoms with Crippen LogP contribution < -0.4 is 10.1 Å². The summed E-state index contributed by atoms with van der Waals surface area (Å²) in [6, 6.07) is 20.2. The SMILES string of the molecule is Cc1cc([N+](=O)[O-])ccc1NC(=O)COC(=O)c1ccccc1OCc1ccccc1. The topological polar surface area (TPSA) is 108 Å². The lowest BCUT2D eigenvalue weighted by atomic mass is 10.2. The number of hydrogen-bond donors (Lipinski definition) is 1. The van der Waals surface area contributed by atoms with Crippen molar-refractivity contribution in [3.8, 4) is 5.75 Å². The van der Waals surface area contributed by atoms with Crippen LogP contribution in [0, 0.1) is 17.0 Å². The maximum Gasteiger partial charge on any atom is 0.342 e. The van der Waals surface area contributed by atoms with Crippen molar-refractivity contribution in [1.29, 1.82) is 0 Å². The van der Waals surface area contributed by atoms with Crippen molar-refractivity contribution in [2.24, 2.45) is 0 Å². The summed E-state index contributed by atoms with van der Waals surface area (Å²) in [7, 11) is 0. The first-order valence-electron chi connectivity index (χ1n) is 9.42. The summed E-state index contributed by atoms with van der Waals surface area (Å²) in [6.45, 7) is 1.41. The van der Waals surface area contributed by atoms with Crippen LogP contribution in [0.3, 0.4) is 0 Å². The Labute approximate surface area is 178 Å². The zero-order valence-corrected chi connectivity index (χ0v) is 16.7. The highest BCUT2D eigenvalue weighted by Crippen LogP contribution is 2.22. The quantitative estimate of drug-likeness (QED) is 0.331. The number of nitro groups is 1. The van der Waals surface area contributed by atoms with Gasteiger partial charge in [-0.05, 0) is 36.2 Å². The first-order valence-corrected chi connectivity index (χ1v) is 9.42. The molecule has 1 N–H and O–H groups in total. The van der Waals surface area contributed by atoms with Crippen molar-refractivity contribution in [2.45, 2.75) is 13.5 Å². The molecule has 0 saturated carbocycles. The summed E-state index contributed by atoms with van der Waals surface area (Å²) in [5.41, 5.74) is 2.00. The Balaban J connectivity index is 1.58. The summed E-state index contributed by atoms with van der Waals surface area (Å²) >= 11 is 0. The predicted molar refractivity (Wildman–Crippen MR) is 114 cm³/mol. The van der Waals surface area contributed by atoms with Gasteiger partial charge in [-0.15, -0.1) is 0 Å². The number of benzene rings is 3. The van der Waals surface area contributed by atoms with Crippen LogP contribution in [0.25, 0.3) is 0 Å². The van der Waals surface area contributed by atoms with Crippen molar-refractivity contribution < 1.29 is 24.0 Å². The third-order valence-corrected chi connectivity index (χ3v) is 4.37. The molecule has 1 amide bonds. The predicted octanol–water partition coefficient (Wildman–Crippen LogP) is 4.28. The molecule has 0 aliphatic rings. The molecule has 0 aliphatic carbocycles. The summed E-state index contributed by atoms with van der Waals surface area (Å²) in [5, 5.41) is 13.4. The number of nitro benzene ring substituents is 1. The van der Waals surface area contributed by atoms with Crippen molar-refractivity contribution in [3.63, 3.8) is 0 Å². The van der Waals surface area contributed by atoms with E-state index in [1.54, 1.807) is 31.2 Å². The zero-order valence-electron chi connectivity index (χ0n) is 16.7. The average Bonchev–Trinajstić information content (AvgIpc) is 2.78. The molecule has 0 bridgehead atoms. The van der Waals surface area contributed by atoms with Gasteiger partial charge in [-0.3, -0.25) is 14.9 Å². The van der Waals surface area contributed by atoms with Crippen LogP contribution in [0.4, 0.5) is 11.4 Å². The second-order valence-electron chi connectivity index (χ2n) is 6.65. The molecule has 0 aromatic heterocycles. The number of anilines is 1. The van der Waals surface area contributed by atoms with Gasteiger partial charge in [-0.1, -0.05) is 42.5 Å². The summed E-state index contributed by atoms with van der Waals surface area (Å²) in [5.74, 6) is -0.907. The first kappa shape index (κ1) is 21.5. The molecule has 0 radical (unpaired) electrons. The van der Waals surface area contributed by atoms with Gasteiger partial charge in [0.15, 0.2) is 6.61 Å². The van der Waals surface area contributed by atoms with Gasteiger partial charge in [0.25, 0.3) is 11.6 Å². The first-order chi connectivity index (χ1) is 14.9. The number of carbonyl (C=O) groups excluding carboxylic acids is 2. The van der Waals surface area contributed by atoms with Crippen LogP contribution >= 0.6 is 0 Å². The maximum absolute atomic E-state index is 12.5. The number of esters is 1. The molecule has 0 heterocycles. The van der Waals surface area contributed by atoms with E-state index in [0.29, 0.717) is 17.0 Å². The smallest absolute Gasteiger partial charge is 0.342 e. The molecule has 3 aromatic rings. The largest absolute Gasteiger partial charge is 0.488 e. The molecule has 0 atom stereocenters. The fourth-order valence-electron chi connectivity index (χ4n) is 2.79. The number of non-ortho nitro benzene ring substituents is 1. The Morgan fingerprint density at radius 1 is 1.00 bits per heavy atom.